The zero-order chi connectivity index (χ0) is 37.4. The molecule has 3 aromatic rings. The van der Waals surface area contributed by atoms with Gasteiger partial charge in [0.25, 0.3) is 5.92 Å². The van der Waals surface area contributed by atoms with E-state index in [1.807, 2.05) is 0 Å². The monoisotopic (exact) mass is 784 g/mol. The van der Waals surface area contributed by atoms with E-state index in [1.54, 1.807) is 34.6 Å². The summed E-state index contributed by atoms with van der Waals surface area (Å²) in [5.41, 5.74) is -4.85. The Morgan fingerprint density at radius 1 is 1.14 bits per heavy atom. The van der Waals surface area contributed by atoms with E-state index >= 15 is 8.78 Å². The summed E-state index contributed by atoms with van der Waals surface area (Å²) in [5, 5.41) is 8.92. The molecule has 2 N–H and O–H groups in total. The summed E-state index contributed by atoms with van der Waals surface area (Å²) >= 11 is 3.34. The SMILES string of the molecule is CC(C)(C)OC(=O)N1[C@H](C#Cc2ccc(Br)c(C(Cc3cc(F)cc(F)c3)NC(=O)n3nc(C(F)(F)F)c4c3C(F)(F)[C@@H]3C[C@H]43)n2)CNC1(C)C. The molecule has 2 fully saturated rings. The molecule has 6 rings (SSSR count). The van der Waals surface area contributed by atoms with Crippen LogP contribution in [0.25, 0.3) is 0 Å². The van der Waals surface area contributed by atoms with E-state index in [9.17, 15) is 31.5 Å². The molecule has 2 aromatic heterocycles. The average Bonchev–Trinajstić information content (AvgIpc) is 3.50. The number of rotatable bonds is 4. The standard InChI is InChI=1S/C34H32BrF7N6O3/c1-31(2,3)51-30(50)47-20(15-43-32(47,4)5)8-6-19-7-9-23(35)26(44-19)24(12-16-10-17(36)13-18(37)11-16)45-29(49)48-28-25(27(46-48)34(40,41)42)21-14-22(21)33(28,38)39/h7,9-11,13,20-22,24,43H,12,14-15H2,1-5H3,(H,45,49)/t20-,21+,22-,24?/m1/s1. The van der Waals surface area contributed by atoms with Crippen LogP contribution in [0.3, 0.4) is 0 Å². The van der Waals surface area contributed by atoms with E-state index in [4.69, 9.17) is 4.74 Å². The van der Waals surface area contributed by atoms with Crippen LogP contribution in [0.4, 0.5) is 40.3 Å². The maximum atomic E-state index is 15.3. The van der Waals surface area contributed by atoms with E-state index in [0.717, 1.165) is 12.1 Å². The first-order valence-electron chi connectivity index (χ1n) is 15.9. The van der Waals surface area contributed by atoms with Crippen LogP contribution < -0.4 is 10.6 Å². The van der Waals surface area contributed by atoms with Gasteiger partial charge in [0.15, 0.2) is 5.69 Å². The van der Waals surface area contributed by atoms with Crippen molar-refractivity contribution in [2.75, 3.05) is 6.54 Å². The van der Waals surface area contributed by atoms with Crippen molar-refractivity contribution in [2.24, 2.45) is 5.92 Å². The molecule has 2 amide bonds. The summed E-state index contributed by atoms with van der Waals surface area (Å²) in [6, 6.07) is 2.17. The van der Waals surface area contributed by atoms with Gasteiger partial charge in [-0.2, -0.15) is 31.7 Å². The summed E-state index contributed by atoms with van der Waals surface area (Å²) in [6.07, 6.45) is -6.25. The van der Waals surface area contributed by atoms with Gasteiger partial charge in [0.05, 0.1) is 17.4 Å². The minimum absolute atomic E-state index is 0.0168. The third-order valence-electron chi connectivity index (χ3n) is 8.79. The largest absolute Gasteiger partial charge is 0.444 e. The molecule has 1 aromatic carbocycles. The molecule has 1 aliphatic heterocycles. The van der Waals surface area contributed by atoms with Crippen molar-refractivity contribution >= 4 is 28.1 Å². The Labute approximate surface area is 296 Å². The normalized spacial score (nSPS) is 22.1. The van der Waals surface area contributed by atoms with Crippen molar-refractivity contribution in [1.82, 2.24) is 30.3 Å². The molecule has 0 bridgehead atoms. The van der Waals surface area contributed by atoms with Gasteiger partial charge in [-0.1, -0.05) is 5.92 Å². The third-order valence-corrected chi connectivity index (χ3v) is 9.46. The molecule has 3 aliphatic rings. The van der Waals surface area contributed by atoms with Crippen molar-refractivity contribution in [2.45, 2.75) is 88.8 Å². The zero-order valence-corrected chi connectivity index (χ0v) is 29.4. The van der Waals surface area contributed by atoms with E-state index < -0.39 is 88.0 Å². The number of benzene rings is 1. The Morgan fingerprint density at radius 3 is 2.43 bits per heavy atom. The molecule has 3 heterocycles. The first-order chi connectivity index (χ1) is 23.6. The van der Waals surface area contributed by atoms with Gasteiger partial charge in [-0.25, -0.2) is 23.4 Å². The molecule has 272 valence electrons. The first-order valence-corrected chi connectivity index (χ1v) is 16.7. The Bertz CT molecular complexity index is 1960. The molecule has 17 heteroatoms. The molecule has 0 radical (unpaired) electrons. The van der Waals surface area contributed by atoms with Gasteiger partial charge < -0.3 is 10.1 Å². The summed E-state index contributed by atoms with van der Waals surface area (Å²) in [7, 11) is 0. The molecule has 51 heavy (non-hydrogen) atoms. The van der Waals surface area contributed by atoms with Crippen LogP contribution in [0.15, 0.2) is 34.8 Å². The fourth-order valence-electron chi connectivity index (χ4n) is 6.56. The summed E-state index contributed by atoms with van der Waals surface area (Å²) in [4.78, 5) is 32.7. The Kier molecular flexibility index (Phi) is 8.98. The highest BCUT2D eigenvalue weighted by Gasteiger charge is 2.68. The number of aromatic nitrogens is 3. The number of fused-ring (bicyclic) bond motifs is 3. The number of carbonyl (C=O) groups is 2. The predicted molar refractivity (Wildman–Crippen MR) is 171 cm³/mol. The van der Waals surface area contributed by atoms with Crippen molar-refractivity contribution in [1.29, 1.82) is 0 Å². The Balaban J connectivity index is 1.36. The molecular weight excluding hydrogens is 753 g/mol. The molecule has 0 spiro atoms. The van der Waals surface area contributed by atoms with Gasteiger partial charge in [0.1, 0.15) is 34.7 Å². The minimum Gasteiger partial charge on any atom is -0.444 e. The number of nitrogens with zero attached hydrogens (tertiary/aromatic N) is 4. The molecule has 1 saturated heterocycles. The number of hydrogen-bond acceptors (Lipinski definition) is 6. The van der Waals surface area contributed by atoms with Gasteiger partial charge in [0.2, 0.25) is 0 Å². The third kappa shape index (κ3) is 7.17. The quantitative estimate of drug-likeness (QED) is 0.212. The topological polar surface area (TPSA) is 101 Å². The molecule has 1 saturated carbocycles. The summed E-state index contributed by atoms with van der Waals surface area (Å²) in [5.74, 6) is -2.22. The van der Waals surface area contributed by atoms with E-state index in [0.29, 0.717) is 6.07 Å². The zero-order valence-electron chi connectivity index (χ0n) is 27.9. The second-order valence-electron chi connectivity index (χ2n) is 14.2. The lowest BCUT2D eigenvalue weighted by Crippen LogP contribution is -2.52. The van der Waals surface area contributed by atoms with Gasteiger partial charge in [-0.3, -0.25) is 10.2 Å². The van der Waals surface area contributed by atoms with Crippen LogP contribution in [-0.2, 0) is 23.3 Å². The van der Waals surface area contributed by atoms with E-state index in [-0.39, 0.29) is 45.5 Å². The number of halogens is 8. The second-order valence-corrected chi connectivity index (χ2v) is 15.1. The van der Waals surface area contributed by atoms with Crippen molar-refractivity contribution in [3.05, 3.63) is 80.3 Å². The fourth-order valence-corrected chi connectivity index (χ4v) is 7.06. The highest BCUT2D eigenvalue weighted by atomic mass is 79.9. The van der Waals surface area contributed by atoms with Gasteiger partial charge in [-0.15, -0.1) is 0 Å². The highest BCUT2D eigenvalue weighted by Crippen LogP contribution is 2.68. The molecule has 2 aliphatic carbocycles. The lowest BCUT2D eigenvalue weighted by atomic mass is 10.0. The second kappa shape index (κ2) is 12.5. The number of amides is 2. The number of nitrogens with one attached hydrogen (secondary N) is 2. The molecule has 9 nitrogen and oxygen atoms in total. The Morgan fingerprint density at radius 2 is 1.80 bits per heavy atom. The van der Waals surface area contributed by atoms with Crippen LogP contribution in [0, 0.1) is 29.4 Å². The smallest absolute Gasteiger partial charge is 0.435 e. The summed E-state index contributed by atoms with van der Waals surface area (Å²) in [6.45, 7) is 9.03. The van der Waals surface area contributed by atoms with Gasteiger partial charge in [0, 0.05) is 28.6 Å². The van der Waals surface area contributed by atoms with Crippen LogP contribution in [0.5, 0.6) is 0 Å². The molecule has 1 unspecified atom stereocenters. The van der Waals surface area contributed by atoms with Crippen molar-refractivity contribution in [3.8, 4) is 11.8 Å². The lowest BCUT2D eigenvalue weighted by Gasteiger charge is -2.34. The van der Waals surface area contributed by atoms with E-state index in [1.165, 1.54) is 17.0 Å². The summed E-state index contributed by atoms with van der Waals surface area (Å²) < 4.78 is 107. The van der Waals surface area contributed by atoms with Crippen LogP contribution in [0.1, 0.15) is 86.9 Å². The number of hydrogen-bond donors (Lipinski definition) is 2. The van der Waals surface area contributed by atoms with Crippen LogP contribution in [-0.4, -0.2) is 55.6 Å². The van der Waals surface area contributed by atoms with Crippen LogP contribution in [0.2, 0.25) is 0 Å². The van der Waals surface area contributed by atoms with Crippen LogP contribution >= 0.6 is 15.9 Å². The highest BCUT2D eigenvalue weighted by molar-refractivity contribution is 9.10. The minimum atomic E-state index is -5.11. The molecular formula is C34H32BrF7N6O3. The number of ether oxygens (including phenoxy) is 1. The number of carbonyl (C=O) groups excluding carboxylic acids is 2. The van der Waals surface area contributed by atoms with Crippen molar-refractivity contribution < 1.29 is 45.1 Å². The number of pyridine rings is 1. The Hall–Kier alpha value is -4.17. The maximum absolute atomic E-state index is 15.3. The number of alkyl halides is 5. The fraction of sp³-hybridized carbons (Fsp3) is 0.471. The first kappa shape index (κ1) is 36.6. The maximum Gasteiger partial charge on any atom is 0.435 e. The van der Waals surface area contributed by atoms with E-state index in [2.05, 4.69) is 48.5 Å². The molecule has 4 atom stereocenters. The van der Waals surface area contributed by atoms with Gasteiger partial charge >= 0.3 is 18.3 Å². The predicted octanol–water partition coefficient (Wildman–Crippen LogP) is 7.38. The average molecular weight is 786 g/mol. The van der Waals surface area contributed by atoms with Gasteiger partial charge in [-0.05, 0) is 105 Å². The lowest BCUT2D eigenvalue weighted by molar-refractivity contribution is -0.142. The van der Waals surface area contributed by atoms with Crippen molar-refractivity contribution in [3.63, 3.8) is 0 Å².